The Kier molecular flexibility index (Phi) is 6.34. The average Bonchev–Trinajstić information content (AvgIpc) is 2.62. The van der Waals surface area contributed by atoms with Crippen LogP contribution in [0.5, 0.6) is 5.75 Å². The molecule has 25 heavy (non-hydrogen) atoms. The van der Waals surface area contributed by atoms with Crippen molar-refractivity contribution in [1.82, 2.24) is 14.9 Å². The maximum Gasteiger partial charge on any atom is 0.321 e. The summed E-state index contributed by atoms with van der Waals surface area (Å²) in [6, 6.07) is 5.15. The molecule has 1 atom stereocenters. The lowest BCUT2D eigenvalue weighted by molar-refractivity contribution is -0.126. The first kappa shape index (κ1) is 19.2. The van der Waals surface area contributed by atoms with E-state index in [1.807, 2.05) is 0 Å². The molecule has 138 valence electrons. The molecule has 3 amide bonds. The number of amides is 3. The molecule has 1 heterocycles. The quantitative estimate of drug-likeness (QED) is 0.749. The van der Waals surface area contributed by atoms with Crippen molar-refractivity contribution in [2.75, 3.05) is 33.4 Å². The van der Waals surface area contributed by atoms with E-state index in [1.165, 1.54) is 42.5 Å². The Hall–Kier alpha value is -2.17. The zero-order chi connectivity index (χ0) is 18.4. The second-order valence-corrected chi connectivity index (χ2v) is 7.25. The fourth-order valence-corrected chi connectivity index (χ4v) is 3.57. The minimum absolute atomic E-state index is 0.143. The van der Waals surface area contributed by atoms with Crippen LogP contribution in [0, 0.1) is 0 Å². The van der Waals surface area contributed by atoms with Gasteiger partial charge in [-0.15, -0.1) is 0 Å². The molecular formula is C15H21N3O6S. The van der Waals surface area contributed by atoms with E-state index in [9.17, 15) is 18.0 Å². The Bertz CT molecular complexity index is 713. The van der Waals surface area contributed by atoms with Gasteiger partial charge in [0.25, 0.3) is 5.91 Å². The molecule has 9 nitrogen and oxygen atoms in total. The molecule has 0 aromatic heterocycles. The highest BCUT2D eigenvalue weighted by atomic mass is 32.2. The van der Waals surface area contributed by atoms with Crippen LogP contribution in [0.3, 0.4) is 0 Å². The van der Waals surface area contributed by atoms with E-state index >= 15 is 0 Å². The van der Waals surface area contributed by atoms with Crippen LogP contribution in [0.15, 0.2) is 29.2 Å². The number of morpholine rings is 1. The number of carbonyl (C=O) groups is 2. The maximum atomic E-state index is 12.5. The Balaban J connectivity index is 2.01. The third kappa shape index (κ3) is 4.91. The summed E-state index contributed by atoms with van der Waals surface area (Å²) in [5.41, 5.74) is 0. The fraction of sp³-hybridized carbons (Fsp3) is 0.467. The van der Waals surface area contributed by atoms with Gasteiger partial charge >= 0.3 is 6.03 Å². The standard InChI is InChI=1S/C15H21N3O6S/c1-11(14(19)17-15(20)16-2)24-12-3-5-13(6-4-12)25(21,22)18-7-9-23-10-8-18/h3-6,11H,7-10H2,1-2H3,(H2,16,17,19,20)/t11-/m1/s1. The molecule has 1 aromatic rings. The smallest absolute Gasteiger partial charge is 0.321 e. The fourth-order valence-electron chi connectivity index (χ4n) is 2.16. The predicted molar refractivity (Wildman–Crippen MR) is 88.7 cm³/mol. The number of sulfonamides is 1. The van der Waals surface area contributed by atoms with E-state index in [0.717, 1.165) is 0 Å². The second-order valence-electron chi connectivity index (χ2n) is 5.32. The first-order valence-electron chi connectivity index (χ1n) is 7.72. The average molecular weight is 371 g/mol. The predicted octanol–water partition coefficient (Wildman–Crippen LogP) is -0.0696. The van der Waals surface area contributed by atoms with Gasteiger partial charge in [0, 0.05) is 20.1 Å². The normalized spacial score (nSPS) is 16.7. The summed E-state index contributed by atoms with van der Waals surface area (Å²) in [6.45, 7) is 2.86. The van der Waals surface area contributed by atoms with Crippen LogP contribution in [0.2, 0.25) is 0 Å². The van der Waals surface area contributed by atoms with Crippen LogP contribution in [0.4, 0.5) is 4.79 Å². The zero-order valence-electron chi connectivity index (χ0n) is 14.0. The van der Waals surface area contributed by atoms with E-state index in [1.54, 1.807) is 0 Å². The van der Waals surface area contributed by atoms with Crippen molar-refractivity contribution in [3.8, 4) is 5.75 Å². The van der Waals surface area contributed by atoms with Crippen molar-refractivity contribution in [2.24, 2.45) is 0 Å². The van der Waals surface area contributed by atoms with Crippen molar-refractivity contribution in [2.45, 2.75) is 17.9 Å². The van der Waals surface area contributed by atoms with Crippen LogP contribution >= 0.6 is 0 Å². The first-order chi connectivity index (χ1) is 11.8. The third-order valence-electron chi connectivity index (χ3n) is 3.58. The molecule has 0 spiro atoms. The topological polar surface area (TPSA) is 114 Å². The van der Waals surface area contributed by atoms with Crippen LogP contribution in [0.1, 0.15) is 6.92 Å². The third-order valence-corrected chi connectivity index (χ3v) is 5.49. The summed E-state index contributed by atoms with van der Waals surface area (Å²) < 4.78 is 36.9. The van der Waals surface area contributed by atoms with Crippen molar-refractivity contribution in [3.63, 3.8) is 0 Å². The molecule has 2 rings (SSSR count). The molecule has 10 heteroatoms. The number of nitrogens with zero attached hydrogens (tertiary/aromatic N) is 1. The number of hydrogen-bond donors (Lipinski definition) is 2. The lowest BCUT2D eigenvalue weighted by Crippen LogP contribution is -2.43. The molecule has 0 unspecified atom stereocenters. The molecular weight excluding hydrogens is 350 g/mol. The summed E-state index contributed by atoms with van der Waals surface area (Å²) in [6.07, 6.45) is -0.918. The minimum atomic E-state index is -3.58. The van der Waals surface area contributed by atoms with Gasteiger partial charge in [0.1, 0.15) is 5.75 Å². The van der Waals surface area contributed by atoms with Gasteiger partial charge in [0.15, 0.2) is 6.10 Å². The summed E-state index contributed by atoms with van der Waals surface area (Å²) in [7, 11) is -2.19. The highest BCUT2D eigenvalue weighted by Gasteiger charge is 2.26. The van der Waals surface area contributed by atoms with Crippen LogP contribution in [0.25, 0.3) is 0 Å². The molecule has 2 N–H and O–H groups in total. The number of hydrogen-bond acceptors (Lipinski definition) is 6. The SMILES string of the molecule is CNC(=O)NC(=O)[C@@H](C)Oc1ccc(S(=O)(=O)N2CCOCC2)cc1. The molecule has 1 saturated heterocycles. The van der Waals surface area contributed by atoms with Gasteiger partial charge in [0.05, 0.1) is 18.1 Å². The van der Waals surface area contributed by atoms with E-state index < -0.39 is 28.1 Å². The molecule has 1 aliphatic rings. The molecule has 1 aromatic carbocycles. The highest BCUT2D eigenvalue weighted by Crippen LogP contribution is 2.21. The van der Waals surface area contributed by atoms with Gasteiger partial charge < -0.3 is 14.8 Å². The van der Waals surface area contributed by atoms with E-state index in [0.29, 0.717) is 32.1 Å². The van der Waals surface area contributed by atoms with Crippen molar-refractivity contribution in [3.05, 3.63) is 24.3 Å². The molecule has 0 radical (unpaired) electrons. The Morgan fingerprint density at radius 3 is 2.36 bits per heavy atom. The number of ether oxygens (including phenoxy) is 2. The molecule has 1 fully saturated rings. The lowest BCUT2D eigenvalue weighted by atomic mass is 10.3. The van der Waals surface area contributed by atoms with Crippen LogP contribution in [-0.4, -0.2) is 64.1 Å². The first-order valence-corrected chi connectivity index (χ1v) is 9.16. The Morgan fingerprint density at radius 1 is 1.20 bits per heavy atom. The van der Waals surface area contributed by atoms with Crippen molar-refractivity contribution < 1.29 is 27.5 Å². The summed E-state index contributed by atoms with van der Waals surface area (Å²) >= 11 is 0. The van der Waals surface area contributed by atoms with E-state index in [2.05, 4.69) is 10.6 Å². The Labute approximate surface area is 146 Å². The monoisotopic (exact) mass is 371 g/mol. The van der Waals surface area contributed by atoms with Gasteiger partial charge in [-0.05, 0) is 31.2 Å². The molecule has 1 aliphatic heterocycles. The van der Waals surface area contributed by atoms with Gasteiger partial charge in [-0.3, -0.25) is 10.1 Å². The Morgan fingerprint density at radius 2 is 1.80 bits per heavy atom. The van der Waals surface area contributed by atoms with Crippen molar-refractivity contribution >= 4 is 22.0 Å². The number of carbonyl (C=O) groups excluding carboxylic acids is 2. The zero-order valence-corrected chi connectivity index (χ0v) is 14.8. The maximum absolute atomic E-state index is 12.5. The van der Waals surface area contributed by atoms with E-state index in [-0.39, 0.29) is 4.90 Å². The van der Waals surface area contributed by atoms with Crippen LogP contribution < -0.4 is 15.4 Å². The second kappa shape index (κ2) is 8.28. The van der Waals surface area contributed by atoms with E-state index in [4.69, 9.17) is 9.47 Å². The number of benzene rings is 1. The summed E-state index contributed by atoms with van der Waals surface area (Å²) in [4.78, 5) is 23.0. The number of nitrogens with one attached hydrogen (secondary N) is 2. The number of rotatable bonds is 5. The highest BCUT2D eigenvalue weighted by molar-refractivity contribution is 7.89. The van der Waals surface area contributed by atoms with Crippen molar-refractivity contribution in [1.29, 1.82) is 0 Å². The largest absolute Gasteiger partial charge is 0.481 e. The lowest BCUT2D eigenvalue weighted by Gasteiger charge is -2.26. The summed E-state index contributed by atoms with van der Waals surface area (Å²) in [5, 5.41) is 4.36. The van der Waals surface area contributed by atoms with Gasteiger partial charge in [0.2, 0.25) is 10.0 Å². The van der Waals surface area contributed by atoms with Gasteiger partial charge in [-0.25, -0.2) is 13.2 Å². The number of urea groups is 1. The number of imide groups is 1. The molecule has 0 bridgehead atoms. The van der Waals surface area contributed by atoms with Gasteiger partial charge in [-0.2, -0.15) is 4.31 Å². The summed E-state index contributed by atoms with van der Waals surface area (Å²) in [5.74, 6) is -0.287. The molecule has 0 saturated carbocycles. The minimum Gasteiger partial charge on any atom is -0.481 e. The molecule has 0 aliphatic carbocycles. The van der Waals surface area contributed by atoms with Crippen LogP contribution in [-0.2, 0) is 19.6 Å². The van der Waals surface area contributed by atoms with Gasteiger partial charge in [-0.1, -0.05) is 0 Å².